The number of hydrogen-bond acceptors (Lipinski definition) is 4. The van der Waals surface area contributed by atoms with E-state index in [0.29, 0.717) is 0 Å². The third kappa shape index (κ3) is 6.97. The molecule has 0 aliphatic carbocycles. The molecule has 0 radical (unpaired) electrons. The number of nitrogens with zero attached hydrogens (tertiary/aromatic N) is 2. The first kappa shape index (κ1) is 15.6. The van der Waals surface area contributed by atoms with Crippen LogP contribution in [0.3, 0.4) is 0 Å². The number of hydrogen-bond donors (Lipinski definition) is 2. The van der Waals surface area contributed by atoms with Gasteiger partial charge in [0.15, 0.2) is 0 Å². The second kappa shape index (κ2) is 10.0. The average molecular weight is 284 g/mol. The lowest BCUT2D eigenvalue weighted by molar-refractivity contribution is 0.571. The van der Waals surface area contributed by atoms with Crippen LogP contribution in [-0.4, -0.2) is 23.1 Å². The van der Waals surface area contributed by atoms with Gasteiger partial charge in [-0.2, -0.15) is 0 Å². The van der Waals surface area contributed by atoms with Crippen LogP contribution in [0.5, 0.6) is 0 Å². The molecule has 112 valence electrons. The number of rotatable bonds is 10. The third-order valence-electron chi connectivity index (χ3n) is 3.36. The third-order valence-corrected chi connectivity index (χ3v) is 3.36. The molecule has 0 saturated carbocycles. The summed E-state index contributed by atoms with van der Waals surface area (Å²) in [5, 5.41) is 6.93. The minimum atomic E-state index is 0.933. The summed E-state index contributed by atoms with van der Waals surface area (Å²) in [6.45, 7) is 4.02. The maximum absolute atomic E-state index is 4.02. The van der Waals surface area contributed by atoms with E-state index < -0.39 is 0 Å². The molecule has 4 heteroatoms. The summed E-state index contributed by atoms with van der Waals surface area (Å²) in [4.78, 5) is 8.03. The SMILES string of the molecule is c1cc(CNCCCCCNCc2ccncc2)ccn1. The monoisotopic (exact) mass is 284 g/mol. The standard InChI is InChI=1S/C17H24N4/c1(2-8-20-14-16-4-10-18-11-5-16)3-9-21-15-17-6-12-19-13-7-17/h4-7,10-13,20-21H,1-3,8-9,14-15H2. The normalized spacial score (nSPS) is 10.7. The molecule has 0 amide bonds. The van der Waals surface area contributed by atoms with Gasteiger partial charge in [0.25, 0.3) is 0 Å². The molecule has 0 unspecified atom stereocenters. The van der Waals surface area contributed by atoms with Crippen LogP contribution in [-0.2, 0) is 13.1 Å². The van der Waals surface area contributed by atoms with Crippen molar-refractivity contribution in [1.29, 1.82) is 0 Å². The van der Waals surface area contributed by atoms with Gasteiger partial charge in [-0.25, -0.2) is 0 Å². The molecular weight excluding hydrogens is 260 g/mol. The highest BCUT2D eigenvalue weighted by molar-refractivity contribution is 5.09. The van der Waals surface area contributed by atoms with Crippen molar-refractivity contribution in [2.45, 2.75) is 32.4 Å². The Bertz CT molecular complexity index is 427. The average Bonchev–Trinajstić information content (AvgIpc) is 2.55. The van der Waals surface area contributed by atoms with E-state index in [2.05, 4.69) is 44.9 Å². The molecule has 2 rings (SSSR count). The minimum absolute atomic E-state index is 0.933. The van der Waals surface area contributed by atoms with Crippen molar-refractivity contribution in [1.82, 2.24) is 20.6 Å². The fourth-order valence-electron chi connectivity index (χ4n) is 2.14. The Morgan fingerprint density at radius 2 is 1.05 bits per heavy atom. The van der Waals surface area contributed by atoms with Crippen molar-refractivity contribution in [2.24, 2.45) is 0 Å². The van der Waals surface area contributed by atoms with E-state index in [9.17, 15) is 0 Å². The highest BCUT2D eigenvalue weighted by Crippen LogP contribution is 1.98. The predicted molar refractivity (Wildman–Crippen MR) is 85.7 cm³/mol. The van der Waals surface area contributed by atoms with E-state index in [4.69, 9.17) is 0 Å². The fourth-order valence-corrected chi connectivity index (χ4v) is 2.14. The number of aromatic nitrogens is 2. The Hall–Kier alpha value is -1.78. The largest absolute Gasteiger partial charge is 0.313 e. The van der Waals surface area contributed by atoms with E-state index in [1.54, 1.807) is 0 Å². The van der Waals surface area contributed by atoms with Crippen molar-refractivity contribution < 1.29 is 0 Å². The lowest BCUT2D eigenvalue weighted by atomic mass is 10.2. The van der Waals surface area contributed by atoms with Crippen molar-refractivity contribution in [3.05, 3.63) is 60.2 Å². The lowest BCUT2D eigenvalue weighted by Crippen LogP contribution is -2.17. The van der Waals surface area contributed by atoms with Crippen molar-refractivity contribution >= 4 is 0 Å². The molecule has 0 aliphatic heterocycles. The molecule has 0 aliphatic rings. The van der Waals surface area contributed by atoms with E-state index in [0.717, 1.165) is 26.2 Å². The molecule has 0 bridgehead atoms. The van der Waals surface area contributed by atoms with Crippen molar-refractivity contribution in [2.75, 3.05) is 13.1 Å². The van der Waals surface area contributed by atoms with Crippen LogP contribution in [0.1, 0.15) is 30.4 Å². The highest BCUT2D eigenvalue weighted by atomic mass is 14.9. The van der Waals surface area contributed by atoms with E-state index in [1.807, 2.05) is 24.8 Å². The summed E-state index contributed by atoms with van der Waals surface area (Å²) in [6, 6.07) is 8.21. The zero-order valence-corrected chi connectivity index (χ0v) is 12.5. The summed E-state index contributed by atoms with van der Waals surface area (Å²) >= 11 is 0. The maximum atomic E-state index is 4.02. The van der Waals surface area contributed by atoms with Crippen LogP contribution in [0.25, 0.3) is 0 Å². The van der Waals surface area contributed by atoms with E-state index in [-0.39, 0.29) is 0 Å². The van der Waals surface area contributed by atoms with Gasteiger partial charge in [0.05, 0.1) is 0 Å². The van der Waals surface area contributed by atoms with Crippen molar-refractivity contribution in [3.8, 4) is 0 Å². The number of unbranched alkanes of at least 4 members (excludes halogenated alkanes) is 2. The van der Waals surface area contributed by atoms with E-state index in [1.165, 1.54) is 30.4 Å². The van der Waals surface area contributed by atoms with Gasteiger partial charge in [0.2, 0.25) is 0 Å². The van der Waals surface area contributed by atoms with Gasteiger partial charge < -0.3 is 10.6 Å². The fraction of sp³-hybridized carbons (Fsp3) is 0.412. The molecule has 0 atom stereocenters. The Labute approximate surface area is 127 Å². The van der Waals surface area contributed by atoms with Crippen LogP contribution < -0.4 is 10.6 Å². The predicted octanol–water partition coefficient (Wildman–Crippen LogP) is 2.53. The highest BCUT2D eigenvalue weighted by Gasteiger charge is 1.94. The molecule has 0 aromatic carbocycles. The summed E-state index contributed by atoms with van der Waals surface area (Å²) in [6.07, 6.45) is 11.1. The Morgan fingerprint density at radius 1 is 0.619 bits per heavy atom. The van der Waals surface area contributed by atoms with Gasteiger partial charge >= 0.3 is 0 Å². The molecule has 2 aromatic rings. The summed E-state index contributed by atoms with van der Waals surface area (Å²) in [5.74, 6) is 0. The second-order valence-electron chi connectivity index (χ2n) is 5.13. The van der Waals surface area contributed by atoms with Gasteiger partial charge in [-0.3, -0.25) is 9.97 Å². The molecule has 0 spiro atoms. The molecular formula is C17H24N4. The molecule has 2 N–H and O–H groups in total. The van der Waals surface area contributed by atoms with Gasteiger partial charge in [-0.1, -0.05) is 6.42 Å². The van der Waals surface area contributed by atoms with Crippen molar-refractivity contribution in [3.63, 3.8) is 0 Å². The number of pyridine rings is 2. The van der Waals surface area contributed by atoms with Crippen LogP contribution in [0.15, 0.2) is 49.1 Å². The molecule has 4 nitrogen and oxygen atoms in total. The molecule has 0 saturated heterocycles. The Morgan fingerprint density at radius 3 is 1.48 bits per heavy atom. The van der Waals surface area contributed by atoms with Gasteiger partial charge in [0, 0.05) is 37.9 Å². The summed E-state index contributed by atoms with van der Waals surface area (Å²) in [7, 11) is 0. The first-order chi connectivity index (χ1) is 10.4. The minimum Gasteiger partial charge on any atom is -0.313 e. The maximum Gasteiger partial charge on any atom is 0.0271 e. The number of nitrogens with one attached hydrogen (secondary N) is 2. The van der Waals surface area contributed by atoms with Crippen LogP contribution in [0, 0.1) is 0 Å². The van der Waals surface area contributed by atoms with Gasteiger partial charge in [-0.05, 0) is 61.3 Å². The molecule has 2 heterocycles. The molecule has 0 fully saturated rings. The first-order valence-electron chi connectivity index (χ1n) is 7.64. The van der Waals surface area contributed by atoms with Crippen LogP contribution >= 0.6 is 0 Å². The van der Waals surface area contributed by atoms with Gasteiger partial charge in [0.1, 0.15) is 0 Å². The Kier molecular flexibility index (Phi) is 7.45. The van der Waals surface area contributed by atoms with Crippen LogP contribution in [0.4, 0.5) is 0 Å². The zero-order chi connectivity index (χ0) is 14.6. The molecule has 21 heavy (non-hydrogen) atoms. The van der Waals surface area contributed by atoms with Crippen LogP contribution in [0.2, 0.25) is 0 Å². The Balaban J connectivity index is 1.40. The summed E-state index contributed by atoms with van der Waals surface area (Å²) in [5.41, 5.74) is 2.59. The quantitative estimate of drug-likeness (QED) is 0.658. The van der Waals surface area contributed by atoms with E-state index >= 15 is 0 Å². The van der Waals surface area contributed by atoms with Gasteiger partial charge in [-0.15, -0.1) is 0 Å². The molecule has 2 aromatic heterocycles. The zero-order valence-electron chi connectivity index (χ0n) is 12.5. The first-order valence-corrected chi connectivity index (χ1v) is 7.64. The lowest BCUT2D eigenvalue weighted by Gasteiger charge is -2.06. The summed E-state index contributed by atoms with van der Waals surface area (Å²) < 4.78 is 0. The smallest absolute Gasteiger partial charge is 0.0271 e. The second-order valence-corrected chi connectivity index (χ2v) is 5.13. The topological polar surface area (TPSA) is 49.8 Å².